The number of hydrogen-bond donors (Lipinski definition) is 0. The molecule has 0 aliphatic carbocycles. The summed E-state index contributed by atoms with van der Waals surface area (Å²) in [5.74, 6) is 0.736. The molecule has 5 heteroatoms. The highest BCUT2D eigenvalue weighted by Crippen LogP contribution is 2.37. The monoisotopic (exact) mass is 456 g/mol. The molecule has 33 heavy (non-hydrogen) atoms. The number of aryl methyl sites for hydroxylation is 1. The smallest absolute Gasteiger partial charge is 0.267 e. The summed E-state index contributed by atoms with van der Waals surface area (Å²) < 4.78 is 6.09. The van der Waals surface area contributed by atoms with Gasteiger partial charge in [0.2, 0.25) is 0 Å². The molecule has 3 aromatic rings. The molecule has 1 fully saturated rings. The van der Waals surface area contributed by atoms with Gasteiger partial charge in [0.1, 0.15) is 12.4 Å². The van der Waals surface area contributed by atoms with Crippen LogP contribution in [0.1, 0.15) is 37.0 Å². The van der Waals surface area contributed by atoms with Gasteiger partial charge in [-0.2, -0.15) is 0 Å². The Morgan fingerprint density at radius 2 is 1.70 bits per heavy atom. The molecule has 168 valence electrons. The van der Waals surface area contributed by atoms with Crippen LogP contribution in [0.2, 0.25) is 0 Å². The van der Waals surface area contributed by atoms with Gasteiger partial charge in [0, 0.05) is 11.6 Å². The van der Waals surface area contributed by atoms with Crippen LogP contribution in [-0.2, 0) is 11.4 Å². The van der Waals surface area contributed by atoms with Crippen LogP contribution in [0.5, 0.6) is 5.75 Å². The molecule has 0 spiro atoms. The van der Waals surface area contributed by atoms with Gasteiger partial charge in [-0.15, -0.1) is 0 Å². The quantitative estimate of drug-likeness (QED) is 0.360. The Kier molecular flexibility index (Phi) is 7.30. The van der Waals surface area contributed by atoms with E-state index in [-0.39, 0.29) is 11.9 Å². The number of carbonyl (C=O) groups is 1. The minimum Gasteiger partial charge on any atom is -0.488 e. The highest BCUT2D eigenvalue weighted by atomic mass is 32.2. The van der Waals surface area contributed by atoms with Crippen molar-refractivity contribution in [2.45, 2.75) is 39.8 Å². The van der Waals surface area contributed by atoms with Crippen LogP contribution in [0.15, 0.2) is 88.8 Å². The predicted octanol–water partition coefficient (Wildman–Crippen LogP) is 6.98. The Bertz CT molecular complexity index is 1170. The number of carbonyl (C=O) groups excluding carboxylic acids is 1. The maximum absolute atomic E-state index is 13.4. The van der Waals surface area contributed by atoms with Gasteiger partial charge in [0.25, 0.3) is 5.91 Å². The number of amidine groups is 1. The summed E-state index contributed by atoms with van der Waals surface area (Å²) in [7, 11) is 0. The van der Waals surface area contributed by atoms with E-state index in [1.807, 2.05) is 96.8 Å². The van der Waals surface area contributed by atoms with Crippen LogP contribution in [0.25, 0.3) is 6.08 Å². The van der Waals surface area contributed by atoms with Crippen LogP contribution >= 0.6 is 11.8 Å². The largest absolute Gasteiger partial charge is 0.488 e. The summed E-state index contributed by atoms with van der Waals surface area (Å²) in [5.41, 5.74) is 4.00. The van der Waals surface area contributed by atoms with E-state index in [9.17, 15) is 4.79 Å². The fourth-order valence-electron chi connectivity index (χ4n) is 3.47. The first-order valence-electron chi connectivity index (χ1n) is 11.2. The van der Waals surface area contributed by atoms with E-state index >= 15 is 0 Å². The van der Waals surface area contributed by atoms with Gasteiger partial charge in [0.05, 0.1) is 10.6 Å². The molecule has 0 bridgehead atoms. The van der Waals surface area contributed by atoms with Crippen LogP contribution in [0, 0.1) is 6.92 Å². The molecule has 1 saturated heterocycles. The first kappa shape index (κ1) is 22.9. The van der Waals surface area contributed by atoms with E-state index in [4.69, 9.17) is 9.73 Å². The van der Waals surface area contributed by atoms with Crippen molar-refractivity contribution in [3.63, 3.8) is 0 Å². The number of nitrogens with zero attached hydrogens (tertiary/aromatic N) is 2. The highest BCUT2D eigenvalue weighted by molar-refractivity contribution is 8.18. The normalized spacial score (nSPS) is 17.1. The first-order valence-corrected chi connectivity index (χ1v) is 12.0. The highest BCUT2D eigenvalue weighted by Gasteiger charge is 2.36. The standard InChI is InChI=1S/C28H28N2O2S/c1-4-21(3)30-27(31)26(33-28(30)29-24-16-14-20(2)15-17-24)18-23-12-8-9-13-25(23)32-19-22-10-6-5-7-11-22/h5-18,21H,4,19H2,1-3H3/b26-18+,29-28?/t21-/m0/s1. The van der Waals surface area contributed by atoms with Crippen molar-refractivity contribution in [1.82, 2.24) is 4.90 Å². The van der Waals surface area contributed by atoms with Gasteiger partial charge in [-0.25, -0.2) is 4.99 Å². The van der Waals surface area contributed by atoms with E-state index in [1.54, 1.807) is 0 Å². The second-order valence-electron chi connectivity index (χ2n) is 8.09. The van der Waals surface area contributed by atoms with Gasteiger partial charge in [-0.3, -0.25) is 9.69 Å². The lowest BCUT2D eigenvalue weighted by molar-refractivity contribution is -0.123. The number of rotatable bonds is 7. The molecular weight excluding hydrogens is 428 g/mol. The molecule has 0 aromatic heterocycles. The summed E-state index contributed by atoms with van der Waals surface area (Å²) in [5, 5.41) is 0.715. The van der Waals surface area contributed by atoms with Gasteiger partial charge < -0.3 is 4.74 Å². The topological polar surface area (TPSA) is 41.9 Å². The predicted molar refractivity (Wildman–Crippen MR) is 138 cm³/mol. The number of aliphatic imine (C=N–C) groups is 1. The lowest BCUT2D eigenvalue weighted by Gasteiger charge is -2.22. The molecular formula is C28H28N2O2S. The van der Waals surface area contributed by atoms with Crippen molar-refractivity contribution in [3.05, 3.63) is 100 Å². The van der Waals surface area contributed by atoms with Gasteiger partial charge in [-0.1, -0.05) is 73.2 Å². The van der Waals surface area contributed by atoms with Crippen molar-refractivity contribution in [1.29, 1.82) is 0 Å². The Labute approximate surface area is 200 Å². The van der Waals surface area contributed by atoms with E-state index in [0.29, 0.717) is 16.7 Å². The lowest BCUT2D eigenvalue weighted by Crippen LogP contribution is -2.36. The Morgan fingerprint density at radius 3 is 2.42 bits per heavy atom. The molecule has 1 heterocycles. The summed E-state index contributed by atoms with van der Waals surface area (Å²) in [6, 6.07) is 26.0. The van der Waals surface area contributed by atoms with Gasteiger partial charge in [-0.05, 0) is 61.9 Å². The third-order valence-corrected chi connectivity index (χ3v) is 6.55. The number of para-hydroxylation sites is 1. The SMILES string of the molecule is CC[C@H](C)N1C(=O)/C(=C\c2ccccc2OCc2ccccc2)SC1=Nc1ccc(C)cc1. The van der Waals surface area contributed by atoms with E-state index in [1.165, 1.54) is 17.3 Å². The average molecular weight is 457 g/mol. The van der Waals surface area contributed by atoms with Gasteiger partial charge in [0.15, 0.2) is 5.17 Å². The molecule has 1 amide bonds. The minimum absolute atomic E-state index is 0.0157. The molecule has 0 unspecified atom stereocenters. The second kappa shape index (κ2) is 10.5. The number of benzene rings is 3. The van der Waals surface area contributed by atoms with Crippen LogP contribution in [-0.4, -0.2) is 22.0 Å². The fraction of sp³-hybridized carbons (Fsp3) is 0.214. The van der Waals surface area contributed by atoms with E-state index < -0.39 is 0 Å². The Balaban J connectivity index is 1.63. The molecule has 4 nitrogen and oxygen atoms in total. The van der Waals surface area contributed by atoms with Crippen LogP contribution < -0.4 is 4.74 Å². The maximum Gasteiger partial charge on any atom is 0.267 e. The molecule has 0 N–H and O–H groups in total. The van der Waals surface area contributed by atoms with Crippen molar-refractivity contribution in [3.8, 4) is 5.75 Å². The van der Waals surface area contributed by atoms with Crippen LogP contribution in [0.4, 0.5) is 5.69 Å². The van der Waals surface area contributed by atoms with Crippen molar-refractivity contribution < 1.29 is 9.53 Å². The van der Waals surface area contributed by atoms with Crippen molar-refractivity contribution in [2.24, 2.45) is 4.99 Å². The van der Waals surface area contributed by atoms with Gasteiger partial charge >= 0.3 is 0 Å². The molecule has 1 aliphatic rings. The molecule has 4 rings (SSSR count). The van der Waals surface area contributed by atoms with Crippen LogP contribution in [0.3, 0.4) is 0 Å². The Morgan fingerprint density at radius 1 is 1.00 bits per heavy atom. The second-order valence-corrected chi connectivity index (χ2v) is 9.09. The minimum atomic E-state index is -0.0157. The molecule has 3 aromatic carbocycles. The molecule has 1 atom stereocenters. The zero-order chi connectivity index (χ0) is 23.2. The zero-order valence-electron chi connectivity index (χ0n) is 19.2. The summed E-state index contributed by atoms with van der Waals surface area (Å²) >= 11 is 1.42. The van der Waals surface area contributed by atoms with Crippen molar-refractivity contribution >= 4 is 34.6 Å². The Hall–Kier alpha value is -3.31. The number of ether oxygens (including phenoxy) is 1. The summed E-state index contributed by atoms with van der Waals surface area (Å²) in [4.78, 5) is 20.6. The number of hydrogen-bond acceptors (Lipinski definition) is 4. The molecule has 0 radical (unpaired) electrons. The zero-order valence-corrected chi connectivity index (χ0v) is 20.0. The maximum atomic E-state index is 13.4. The van der Waals surface area contributed by atoms with E-state index in [2.05, 4.69) is 13.8 Å². The average Bonchev–Trinajstić information content (AvgIpc) is 3.14. The van der Waals surface area contributed by atoms with E-state index in [0.717, 1.165) is 29.0 Å². The molecule has 0 saturated carbocycles. The summed E-state index contributed by atoms with van der Waals surface area (Å²) in [6.07, 6.45) is 2.77. The third kappa shape index (κ3) is 5.55. The van der Waals surface area contributed by atoms with Crippen molar-refractivity contribution in [2.75, 3.05) is 0 Å². The first-order chi connectivity index (χ1) is 16.0. The number of thioether (sulfide) groups is 1. The third-order valence-electron chi connectivity index (χ3n) is 5.57. The lowest BCUT2D eigenvalue weighted by atomic mass is 10.1. The fourth-order valence-corrected chi connectivity index (χ4v) is 4.55. The number of amides is 1. The molecule has 1 aliphatic heterocycles. The summed E-state index contributed by atoms with van der Waals surface area (Å²) in [6.45, 7) is 6.67.